The molecular weight excluding hydrogens is 585 g/mol. The van der Waals surface area contributed by atoms with Gasteiger partial charge in [0, 0.05) is 0 Å². The van der Waals surface area contributed by atoms with Crippen molar-refractivity contribution >= 4 is 17.2 Å². The van der Waals surface area contributed by atoms with E-state index in [1.54, 1.807) is 0 Å². The molecule has 0 fully saturated rings. The first-order valence-corrected chi connectivity index (χ1v) is 6.75. The number of hydrogen-bond donors (Lipinski definition) is 0. The van der Waals surface area contributed by atoms with E-state index in [-0.39, 0.29) is 61.3 Å². The monoisotopic (exact) mass is 605 g/mol. The van der Waals surface area contributed by atoms with Gasteiger partial charge in [-0.05, 0) is 0 Å². The minimum absolute atomic E-state index is 0. The molecule has 0 aliphatic heterocycles. The molecule has 0 unspecified atom stereocenters. The summed E-state index contributed by atoms with van der Waals surface area (Å²) in [5.74, 6) is 0. The first kappa shape index (κ1) is 49.5. The Morgan fingerprint density at radius 2 is 0.450 bits per heavy atom. The van der Waals surface area contributed by atoms with Crippen LogP contribution in [-0.2, 0) is 61.3 Å². The maximum Gasteiger partial charge on any atom is 2.00 e. The quantitative estimate of drug-likeness (QED) is 0.183. The molecule has 0 aromatic heterocycles. The Balaban J connectivity index is -0.0000000146. The van der Waals surface area contributed by atoms with E-state index in [4.69, 9.17) is 29.4 Å². The Morgan fingerprint density at radius 1 is 0.450 bits per heavy atom. The fraction of sp³-hybridized carbons (Fsp3) is 0.667. The normalized spacial score (nSPS) is 6.30. The van der Waals surface area contributed by atoms with E-state index in [0.717, 1.165) is 0 Å². The van der Waals surface area contributed by atoms with Crippen molar-refractivity contribution in [2.45, 2.75) is 41.5 Å². The molecule has 0 spiro atoms. The van der Waals surface area contributed by atoms with Crippen LogP contribution >= 0.6 is 17.2 Å². The Kier molecular flexibility index (Phi) is 168. The van der Waals surface area contributed by atoms with Gasteiger partial charge in [0.1, 0.15) is 0 Å². The minimum atomic E-state index is -3.37. The molecule has 0 bridgehead atoms. The summed E-state index contributed by atoms with van der Waals surface area (Å²) in [4.78, 5) is 50.9. The molecule has 0 amide bonds. The second-order valence-corrected chi connectivity index (χ2v) is 3.07. The van der Waals surface area contributed by atoms with Crippen LogP contribution in [0.25, 0.3) is 0 Å². The summed E-state index contributed by atoms with van der Waals surface area (Å²) in [6.45, 7) is 12.0. The van der Waals surface area contributed by atoms with Gasteiger partial charge in [-0.2, -0.15) is 41.5 Å². The van der Waals surface area contributed by atoms with Crippen LogP contribution in [0.4, 0.5) is 0 Å². The van der Waals surface area contributed by atoms with Crippen molar-refractivity contribution in [1.82, 2.24) is 0 Å². The summed E-state index contributed by atoms with van der Waals surface area (Å²) in [6, 6.07) is 0. The van der Waals surface area contributed by atoms with E-state index in [1.807, 2.05) is 60.8 Å². The first-order chi connectivity index (χ1) is 7.71. The van der Waals surface area contributed by atoms with Gasteiger partial charge < -0.3 is 65.8 Å². The molecule has 0 aromatic carbocycles. The maximum atomic E-state index is 8.48. The molecule has 0 aromatic rings. The van der Waals surface area contributed by atoms with Crippen molar-refractivity contribution in [1.29, 1.82) is 0 Å². The van der Waals surface area contributed by atoms with Crippen LogP contribution in [-0.4, -0.2) is 0 Å². The van der Waals surface area contributed by atoms with Crippen molar-refractivity contribution in [3.63, 3.8) is 0 Å². The number of hydrogen-bond acceptors (Lipinski definition) is 6. The fourth-order valence-electron chi connectivity index (χ4n) is 0. The van der Waals surface area contributed by atoms with Crippen LogP contribution < -0.4 is 29.4 Å². The third-order valence-electron chi connectivity index (χ3n) is 0. The van der Waals surface area contributed by atoms with Crippen molar-refractivity contribution in [2.75, 3.05) is 0 Å². The average molecular weight is 606 g/mol. The molecule has 0 atom stereocenters. The van der Waals surface area contributed by atoms with Crippen LogP contribution in [0.2, 0.25) is 0 Å². The summed E-state index contributed by atoms with van der Waals surface area (Å²) in [7, 11) is -6.74. The topological polar surface area (TPSA) is 138 Å². The molecule has 0 saturated heterocycles. The van der Waals surface area contributed by atoms with Crippen molar-refractivity contribution < 1.29 is 90.6 Å². The third-order valence-corrected chi connectivity index (χ3v) is 0. The molecule has 11 heteroatoms. The molecule has 136 valence electrons. The molecule has 0 heterocycles. The zero-order valence-electron chi connectivity index (χ0n) is 12.0. The molecule has 6 nitrogen and oxygen atoms in total. The van der Waals surface area contributed by atoms with Crippen LogP contribution in [0.15, 0.2) is 0 Å². The van der Waals surface area contributed by atoms with Gasteiger partial charge >= 0.3 is 61.3 Å². The zero-order chi connectivity index (χ0) is 15.3. The first-order valence-electron chi connectivity index (χ1n) is 4.56. The smallest absolute Gasteiger partial charge is 0.854 e. The molecule has 0 radical (unpaired) electrons. The van der Waals surface area contributed by atoms with Gasteiger partial charge in [0.15, 0.2) is 0 Å². The van der Waals surface area contributed by atoms with E-state index in [2.05, 4.69) is 0 Å². The van der Waals surface area contributed by atoms with Gasteiger partial charge in [0.25, 0.3) is 0 Å². The molecule has 0 saturated carbocycles. The van der Waals surface area contributed by atoms with E-state index in [9.17, 15) is 0 Å². The van der Waals surface area contributed by atoms with Gasteiger partial charge in [0.05, 0.1) is 0 Å². The fourth-order valence-corrected chi connectivity index (χ4v) is 0. The van der Waals surface area contributed by atoms with E-state index >= 15 is 0 Å². The predicted molar refractivity (Wildman–Crippen MR) is 60.8 cm³/mol. The van der Waals surface area contributed by atoms with E-state index in [0.29, 0.717) is 0 Å². The van der Waals surface area contributed by atoms with Gasteiger partial charge in [-0.25, -0.2) is 0 Å². The number of rotatable bonds is 0. The van der Waals surface area contributed by atoms with Crippen LogP contribution in [0.3, 0.4) is 0 Å². The second-order valence-electron chi connectivity index (χ2n) is 2.18. The molecule has 20 heavy (non-hydrogen) atoms. The van der Waals surface area contributed by atoms with Crippen molar-refractivity contribution in [3.05, 3.63) is 19.3 Å². The summed E-state index contributed by atoms with van der Waals surface area (Å²) >= 11 is 0. The van der Waals surface area contributed by atoms with E-state index < -0.39 is 17.2 Å². The Labute approximate surface area is 167 Å². The minimum Gasteiger partial charge on any atom is -0.854 e. The predicted octanol–water partition coefficient (Wildman–Crippen LogP) is -1.73. The molecule has 0 aliphatic rings. The summed E-state index contributed by atoms with van der Waals surface area (Å²) in [5.41, 5.74) is 0. The zero-order valence-corrected chi connectivity index (χ0v) is 18.5. The van der Waals surface area contributed by atoms with Crippen LogP contribution in [0, 0.1) is 19.3 Å². The van der Waals surface area contributed by atoms with E-state index in [1.165, 1.54) is 0 Å². The summed E-state index contributed by atoms with van der Waals surface area (Å²) in [5, 5.41) is 0. The standard InChI is InChI=1S/3C3H7.2O3P.3Pd/c3*1-3-2;2*1-4(2)3;;;/h3*3H,1-2H3;;;;;/q3*-1;2*-3;3*+2. The maximum absolute atomic E-state index is 8.48. The molecule has 0 N–H and O–H groups in total. The van der Waals surface area contributed by atoms with Gasteiger partial charge in [-0.1, -0.05) is 0 Å². The van der Waals surface area contributed by atoms with Crippen LogP contribution in [0.5, 0.6) is 0 Å². The largest absolute Gasteiger partial charge is 2.00 e. The third kappa shape index (κ3) is 1170. The second kappa shape index (κ2) is 68.1. The SMILES string of the molecule is C[CH-]C.C[CH-]C.C[CH-]C.[O-]P([O-])[O-].[O-]P([O-])[O-].[Pd+2].[Pd+2].[Pd+2]. The van der Waals surface area contributed by atoms with Crippen LogP contribution in [0.1, 0.15) is 41.5 Å². The van der Waals surface area contributed by atoms with Gasteiger partial charge in [0.2, 0.25) is 0 Å². The molecule has 0 aliphatic carbocycles. The Morgan fingerprint density at radius 3 is 0.450 bits per heavy atom. The van der Waals surface area contributed by atoms with Crippen molar-refractivity contribution in [2.24, 2.45) is 0 Å². The van der Waals surface area contributed by atoms with Gasteiger partial charge in [-0.15, -0.1) is 0 Å². The average Bonchev–Trinajstić information content (AvgIpc) is 2.03. The summed E-state index contributed by atoms with van der Waals surface area (Å²) in [6.07, 6.45) is 6.00. The Hall–Kier alpha value is 2.61. The molecule has 0 rings (SSSR count). The van der Waals surface area contributed by atoms with Gasteiger partial charge in [-0.3, -0.25) is 0 Å². The van der Waals surface area contributed by atoms with Crippen molar-refractivity contribution in [3.8, 4) is 0 Å². The molecular formula is C9H21O6P2Pd3-3. The summed E-state index contributed by atoms with van der Waals surface area (Å²) < 4.78 is 0. The Bertz CT molecular complexity index is 72.4.